The van der Waals surface area contributed by atoms with Gasteiger partial charge in [0.1, 0.15) is 0 Å². The van der Waals surface area contributed by atoms with E-state index in [2.05, 4.69) is 13.2 Å². The number of aromatic nitrogens is 3. The molecule has 1 saturated heterocycles. The Morgan fingerprint density at radius 2 is 1.56 bits per heavy atom. The summed E-state index contributed by atoms with van der Waals surface area (Å²) in [7, 11) is 0. The van der Waals surface area contributed by atoms with Crippen molar-refractivity contribution in [3.05, 3.63) is 79.6 Å². The van der Waals surface area contributed by atoms with Crippen molar-refractivity contribution in [2.75, 3.05) is 0 Å². The van der Waals surface area contributed by atoms with Crippen molar-refractivity contribution in [1.82, 2.24) is 15.0 Å². The van der Waals surface area contributed by atoms with E-state index >= 15 is 0 Å². The molecule has 1 unspecified atom stereocenters. The molecule has 10 heteroatoms. The molecule has 1 fully saturated rings. The molecule has 3 atom stereocenters. The van der Waals surface area contributed by atoms with Gasteiger partial charge in [0.25, 0.3) is 0 Å². The number of nitrogens with zero attached hydrogens (tertiary/aromatic N) is 4. The van der Waals surface area contributed by atoms with Gasteiger partial charge in [-0.3, -0.25) is 9.59 Å². The second-order valence-electron chi connectivity index (χ2n) is 11.0. The summed E-state index contributed by atoms with van der Waals surface area (Å²) in [6.45, 7) is 15.8. The van der Waals surface area contributed by atoms with Gasteiger partial charge in [-0.2, -0.15) is 5.70 Å². The van der Waals surface area contributed by atoms with Crippen LogP contribution < -0.4 is 30.4 Å². The fraction of sp³-hybridized carbons (Fsp3) is 0.333. The Balaban J connectivity index is 0.00000423. The summed E-state index contributed by atoms with van der Waals surface area (Å²) in [5.74, 6) is -1.11. The molecule has 2 aliphatic heterocycles. The van der Waals surface area contributed by atoms with Crippen molar-refractivity contribution in [1.29, 1.82) is 0 Å². The zero-order valence-corrected chi connectivity index (χ0v) is 25.7. The third-order valence-electron chi connectivity index (χ3n) is 8.46. The molecule has 0 spiro atoms. The molecular formula is C33H34FeN4O5. The van der Waals surface area contributed by atoms with E-state index < -0.39 is 11.9 Å². The van der Waals surface area contributed by atoms with Crippen LogP contribution in [0.15, 0.2) is 18.9 Å². The zero-order chi connectivity index (χ0) is 30.3. The summed E-state index contributed by atoms with van der Waals surface area (Å²) >= 11 is 0. The number of ether oxygens (including phenoxy) is 1. The van der Waals surface area contributed by atoms with Gasteiger partial charge in [0, 0.05) is 24.6 Å². The Morgan fingerprint density at radius 1 is 0.884 bits per heavy atom. The standard InChI is InChI=1S/C33H34N4O5.Fe/c1-7-20-19(6)32-37-27(20)14-25-18(5)23(10-12-31(40)41)29(35-25)15-28-22(9-11-30(38)39)17(4)24(34-28)13-26-16(3)21(8-2)33(36-26)42-32;/h7-8,13-15,18,23,29H,1-2,9-12H2,3-6H3,(H,38,39)(H,40,41);/q-4;+4/b24-13-,25-14-,28-15-;/t18-,23-,29?;/m0./s1. The summed E-state index contributed by atoms with van der Waals surface area (Å²) in [6, 6.07) is -0.346. The van der Waals surface area contributed by atoms with Crippen LogP contribution in [0, 0.1) is 32.6 Å². The van der Waals surface area contributed by atoms with Crippen LogP contribution in [0.2, 0.25) is 0 Å². The molecule has 9 nitrogen and oxygen atoms in total. The van der Waals surface area contributed by atoms with E-state index in [-0.39, 0.29) is 47.8 Å². The molecule has 3 aromatic rings. The average Bonchev–Trinajstić information content (AvgIpc) is 3.59. The molecule has 8 bridgehead atoms. The molecule has 2 N–H and O–H groups in total. The molecule has 0 amide bonds. The first-order chi connectivity index (χ1) is 20.0. The average molecular weight is 623 g/mol. The van der Waals surface area contributed by atoms with Gasteiger partial charge in [0.2, 0.25) is 0 Å². The van der Waals surface area contributed by atoms with Gasteiger partial charge in [0.15, 0.2) is 0 Å². The second-order valence-corrected chi connectivity index (χ2v) is 11.0. The molecule has 0 aromatic carbocycles. The van der Waals surface area contributed by atoms with E-state index in [4.69, 9.17) is 25.0 Å². The Hall–Kier alpha value is -4.14. The van der Waals surface area contributed by atoms with Crippen molar-refractivity contribution in [2.45, 2.75) is 59.4 Å². The predicted octanol–water partition coefficient (Wildman–Crippen LogP) is 4.41. The molecule has 0 radical (unpaired) electrons. The molecule has 224 valence electrons. The van der Waals surface area contributed by atoms with Crippen molar-refractivity contribution in [2.24, 2.45) is 11.8 Å². The van der Waals surface area contributed by atoms with E-state index in [0.29, 0.717) is 46.7 Å². The van der Waals surface area contributed by atoms with Crippen molar-refractivity contribution < 1.29 is 41.6 Å². The Morgan fingerprint density at radius 3 is 2.21 bits per heavy atom. The summed E-state index contributed by atoms with van der Waals surface area (Å²) in [5, 5.41) is 25.3. The van der Waals surface area contributed by atoms with Crippen LogP contribution in [0.5, 0.6) is 11.8 Å². The van der Waals surface area contributed by atoms with Crippen LogP contribution in [-0.4, -0.2) is 28.2 Å². The van der Waals surface area contributed by atoms with Gasteiger partial charge in [-0.15, -0.1) is 28.2 Å². The van der Waals surface area contributed by atoms with Crippen LogP contribution in [0.1, 0.15) is 71.0 Å². The number of allylic oxidation sites excluding steroid dienone is 1. The van der Waals surface area contributed by atoms with E-state index in [0.717, 1.165) is 39.1 Å². The quantitative estimate of drug-likeness (QED) is 0.352. The Labute approximate surface area is 261 Å². The third-order valence-corrected chi connectivity index (χ3v) is 8.46. The van der Waals surface area contributed by atoms with Gasteiger partial charge in [-0.05, 0) is 62.1 Å². The van der Waals surface area contributed by atoms with E-state index in [1.165, 1.54) is 0 Å². The van der Waals surface area contributed by atoms with Crippen LogP contribution in [0.4, 0.5) is 0 Å². The first-order valence-electron chi connectivity index (χ1n) is 14.0. The molecule has 3 aromatic heterocycles. The van der Waals surface area contributed by atoms with Crippen molar-refractivity contribution >= 4 is 42.3 Å². The topological polar surface area (TPSA) is 140 Å². The van der Waals surface area contributed by atoms with Crippen LogP contribution in [0.3, 0.4) is 0 Å². The predicted molar refractivity (Wildman–Crippen MR) is 162 cm³/mol. The van der Waals surface area contributed by atoms with Gasteiger partial charge in [-0.1, -0.05) is 67.1 Å². The second kappa shape index (κ2) is 12.6. The fourth-order valence-corrected chi connectivity index (χ4v) is 5.96. The van der Waals surface area contributed by atoms with E-state index in [9.17, 15) is 19.8 Å². The van der Waals surface area contributed by atoms with E-state index in [1.807, 2.05) is 45.9 Å². The van der Waals surface area contributed by atoms with Gasteiger partial charge < -0.3 is 35.2 Å². The first-order valence-corrected chi connectivity index (χ1v) is 14.0. The molecule has 5 rings (SSSR count). The fourth-order valence-electron chi connectivity index (χ4n) is 5.96. The monoisotopic (exact) mass is 622 g/mol. The van der Waals surface area contributed by atoms with Gasteiger partial charge >= 0.3 is 29.0 Å². The van der Waals surface area contributed by atoms with E-state index in [1.54, 1.807) is 12.2 Å². The molecule has 2 aliphatic rings. The Kier molecular flexibility index (Phi) is 9.32. The number of rotatable bonds is 8. The summed E-state index contributed by atoms with van der Waals surface area (Å²) < 4.78 is 6.29. The van der Waals surface area contributed by atoms with Crippen molar-refractivity contribution in [3.8, 4) is 11.8 Å². The molecule has 0 saturated carbocycles. The van der Waals surface area contributed by atoms with Crippen LogP contribution in [0.25, 0.3) is 35.7 Å². The van der Waals surface area contributed by atoms with Crippen LogP contribution >= 0.6 is 0 Å². The molecule has 43 heavy (non-hydrogen) atoms. The van der Waals surface area contributed by atoms with Gasteiger partial charge in [0.05, 0.1) is 0 Å². The molecular weight excluding hydrogens is 588 g/mol. The number of fused-ring (bicyclic) bond motifs is 8. The summed E-state index contributed by atoms with van der Waals surface area (Å²) in [4.78, 5) is 37.6. The van der Waals surface area contributed by atoms with Crippen LogP contribution in [-0.2, 0) is 33.1 Å². The smallest absolute Gasteiger partial charge is 0.682 e. The summed E-state index contributed by atoms with van der Waals surface area (Å²) in [5.41, 5.74) is 7.09. The largest absolute Gasteiger partial charge is 4.00 e. The maximum Gasteiger partial charge on any atom is 4.00 e. The maximum absolute atomic E-state index is 11.5. The summed E-state index contributed by atoms with van der Waals surface area (Å²) in [6.07, 6.45) is 9.93. The SMILES string of the molecule is C=Cc1c2[n-]c(c1C)Oc1[n-]c(c(C)c1C=C)/C=c1\[n-]/c(c(CCC(=O)O)c1C)=C\C1[N-]/C(=C\2)[C@@H](C)[C@@H]1CCC(=O)O.[Fe+4]. The number of hydrogen-bond acceptors (Lipinski definition) is 3. The normalized spacial score (nSPS) is 21.5. The number of aliphatic carboxylic acids is 2. The third kappa shape index (κ3) is 6.03. The Bertz CT molecular complexity index is 1760. The van der Waals surface area contributed by atoms with Gasteiger partial charge in [-0.25, -0.2) is 0 Å². The van der Waals surface area contributed by atoms with Crippen molar-refractivity contribution in [3.63, 3.8) is 0 Å². The zero-order valence-electron chi connectivity index (χ0n) is 24.6. The molecule has 5 heterocycles. The number of carbonyl (C=O) groups is 2. The number of carboxylic acids is 2. The minimum atomic E-state index is -0.894. The number of hydrogen-bond donors (Lipinski definition) is 2. The number of carboxylic acid groups (broad SMARTS) is 2. The minimum Gasteiger partial charge on any atom is -0.682 e. The molecule has 0 aliphatic carbocycles. The minimum absolute atomic E-state index is 0. The maximum atomic E-state index is 11.5. The first kappa shape index (κ1) is 31.8.